The van der Waals surface area contributed by atoms with Gasteiger partial charge in [-0.1, -0.05) is 205 Å². The van der Waals surface area contributed by atoms with Crippen LogP contribution < -0.4 is 0 Å². The summed E-state index contributed by atoms with van der Waals surface area (Å²) >= 11 is 0. The van der Waals surface area contributed by atoms with Crippen LogP contribution in [-0.4, -0.2) is 37.2 Å². The van der Waals surface area contributed by atoms with E-state index in [1.807, 2.05) is 0 Å². The first-order valence-electron chi connectivity index (χ1n) is 27.3. The maximum absolute atomic E-state index is 12.8. The second-order valence-corrected chi connectivity index (χ2v) is 17.4. The van der Waals surface area contributed by atoms with Crippen LogP contribution in [0.2, 0.25) is 0 Å². The van der Waals surface area contributed by atoms with Crippen LogP contribution >= 0.6 is 0 Å². The van der Waals surface area contributed by atoms with Gasteiger partial charge in [0.25, 0.3) is 0 Å². The zero-order chi connectivity index (χ0) is 50.0. The van der Waals surface area contributed by atoms with E-state index in [9.17, 15) is 14.4 Å². The second kappa shape index (κ2) is 55.9. The van der Waals surface area contributed by atoms with E-state index in [-0.39, 0.29) is 44.0 Å². The van der Waals surface area contributed by atoms with Crippen LogP contribution in [0.15, 0.2) is 146 Å². The smallest absolute Gasteiger partial charge is 0.306 e. The summed E-state index contributed by atoms with van der Waals surface area (Å²) in [6.45, 7) is 6.27. The molecule has 0 bridgehead atoms. The maximum Gasteiger partial charge on any atom is 0.306 e. The highest BCUT2D eigenvalue weighted by molar-refractivity contribution is 5.71. The van der Waals surface area contributed by atoms with Gasteiger partial charge < -0.3 is 14.2 Å². The predicted molar refractivity (Wildman–Crippen MR) is 297 cm³/mol. The van der Waals surface area contributed by atoms with Gasteiger partial charge in [-0.25, -0.2) is 0 Å². The van der Waals surface area contributed by atoms with Crippen LogP contribution in [0.3, 0.4) is 0 Å². The Balaban J connectivity index is 4.60. The molecule has 0 spiro atoms. The number of esters is 3. The molecule has 0 heterocycles. The summed E-state index contributed by atoms with van der Waals surface area (Å²) in [4.78, 5) is 38.1. The Morgan fingerprint density at radius 1 is 0.304 bits per heavy atom. The molecular formula is C63H98O6. The number of rotatable bonds is 47. The number of carbonyl (C=O) groups is 3. The number of allylic oxidation sites excluding steroid dienone is 24. The molecule has 0 aliphatic rings. The van der Waals surface area contributed by atoms with Crippen molar-refractivity contribution >= 4 is 17.9 Å². The number of ether oxygens (including phenoxy) is 3. The normalized spacial score (nSPS) is 13.3. The monoisotopic (exact) mass is 951 g/mol. The van der Waals surface area contributed by atoms with Crippen LogP contribution in [-0.2, 0) is 28.6 Å². The second-order valence-electron chi connectivity index (χ2n) is 17.4. The molecule has 0 N–H and O–H groups in total. The molecule has 0 fully saturated rings. The van der Waals surface area contributed by atoms with Gasteiger partial charge in [-0.2, -0.15) is 0 Å². The minimum absolute atomic E-state index is 0.124. The molecular weight excluding hydrogens is 853 g/mol. The van der Waals surface area contributed by atoms with Gasteiger partial charge in [-0.3, -0.25) is 14.4 Å². The van der Waals surface area contributed by atoms with Gasteiger partial charge >= 0.3 is 17.9 Å². The molecule has 0 saturated heterocycles. The predicted octanol–water partition coefficient (Wildman–Crippen LogP) is 18.4. The summed E-state index contributed by atoms with van der Waals surface area (Å²) in [7, 11) is 0. The highest BCUT2D eigenvalue weighted by Crippen LogP contribution is 2.12. The van der Waals surface area contributed by atoms with Crippen LogP contribution in [0.4, 0.5) is 0 Å². The van der Waals surface area contributed by atoms with Gasteiger partial charge in [-0.15, -0.1) is 0 Å². The average Bonchev–Trinajstić information content (AvgIpc) is 3.35. The van der Waals surface area contributed by atoms with Crippen molar-refractivity contribution in [1.82, 2.24) is 0 Å². The number of hydrogen-bond donors (Lipinski definition) is 0. The number of unbranched alkanes of at least 4 members (excludes halogenated alkanes) is 12. The number of hydrogen-bond acceptors (Lipinski definition) is 6. The molecule has 0 unspecified atom stereocenters. The largest absolute Gasteiger partial charge is 0.462 e. The molecule has 0 saturated carbocycles. The third kappa shape index (κ3) is 54.1. The molecule has 0 amide bonds. The van der Waals surface area contributed by atoms with Gasteiger partial charge in [0.2, 0.25) is 0 Å². The molecule has 386 valence electrons. The Morgan fingerprint density at radius 2 is 0.580 bits per heavy atom. The van der Waals surface area contributed by atoms with Crippen LogP contribution in [0.1, 0.15) is 213 Å². The molecule has 0 radical (unpaired) electrons. The summed E-state index contributed by atoms with van der Waals surface area (Å²) in [6, 6.07) is 0. The molecule has 0 aromatic heterocycles. The van der Waals surface area contributed by atoms with Crippen molar-refractivity contribution in [2.24, 2.45) is 0 Å². The first kappa shape index (κ1) is 64.3. The molecule has 69 heavy (non-hydrogen) atoms. The quantitative estimate of drug-likeness (QED) is 0.0262. The highest BCUT2D eigenvalue weighted by Gasteiger charge is 2.19. The summed E-state index contributed by atoms with van der Waals surface area (Å²) in [5.74, 6) is -1.04. The zero-order valence-electron chi connectivity index (χ0n) is 44.0. The summed E-state index contributed by atoms with van der Waals surface area (Å²) in [6.07, 6.45) is 79.7. The lowest BCUT2D eigenvalue weighted by molar-refractivity contribution is -0.167. The first-order valence-corrected chi connectivity index (χ1v) is 27.3. The fourth-order valence-electron chi connectivity index (χ4n) is 6.77. The molecule has 6 nitrogen and oxygen atoms in total. The molecule has 0 aliphatic heterocycles. The standard InChI is InChI=1S/C63H98O6/c1-4-7-10-13-16-19-22-25-28-31-34-37-40-43-46-49-52-55-61(64)67-58-60(69-63(66)57-54-51-48-45-42-39-36-33-30-27-24-21-18-15-12-9-6-3)59-68-62(65)56-53-50-47-44-41-38-35-32-29-26-23-20-17-14-11-8-5-2/h7,9-10,12,16-21,25-30,34-39,44,47,60H,4-6,8,11,13-15,22-24,31-33,40-43,45-46,48-59H2,1-3H3/b10-7-,12-9-,19-16-,20-17-,21-18-,28-25-,29-26-,30-27-,37-34-,38-35-,39-36-,47-44-/t60-/m1/s1. The van der Waals surface area contributed by atoms with E-state index in [0.717, 1.165) is 141 Å². The Kier molecular flexibility index (Phi) is 52.1. The zero-order valence-corrected chi connectivity index (χ0v) is 44.0. The lowest BCUT2D eigenvalue weighted by Crippen LogP contribution is -2.30. The van der Waals surface area contributed by atoms with E-state index in [2.05, 4.69) is 167 Å². The van der Waals surface area contributed by atoms with E-state index in [1.54, 1.807) is 0 Å². The Hall–Kier alpha value is -4.71. The molecule has 0 rings (SSSR count). The van der Waals surface area contributed by atoms with Crippen molar-refractivity contribution in [3.8, 4) is 0 Å². The molecule has 0 aliphatic carbocycles. The molecule has 0 aromatic carbocycles. The third-order valence-corrected chi connectivity index (χ3v) is 10.8. The van der Waals surface area contributed by atoms with Crippen molar-refractivity contribution < 1.29 is 28.6 Å². The third-order valence-electron chi connectivity index (χ3n) is 10.8. The lowest BCUT2D eigenvalue weighted by atomic mass is 10.1. The number of carbonyl (C=O) groups excluding carboxylic acids is 3. The van der Waals surface area contributed by atoms with Crippen molar-refractivity contribution in [3.63, 3.8) is 0 Å². The van der Waals surface area contributed by atoms with Crippen LogP contribution in [0.25, 0.3) is 0 Å². The van der Waals surface area contributed by atoms with Crippen molar-refractivity contribution in [2.75, 3.05) is 13.2 Å². The lowest BCUT2D eigenvalue weighted by Gasteiger charge is -2.18. The average molecular weight is 951 g/mol. The first-order chi connectivity index (χ1) is 34.0. The van der Waals surface area contributed by atoms with E-state index in [1.165, 1.54) is 25.7 Å². The van der Waals surface area contributed by atoms with Gasteiger partial charge in [-0.05, 0) is 135 Å². The topological polar surface area (TPSA) is 78.9 Å². The fraction of sp³-hybridized carbons (Fsp3) is 0.571. The van der Waals surface area contributed by atoms with E-state index in [4.69, 9.17) is 14.2 Å². The van der Waals surface area contributed by atoms with Gasteiger partial charge in [0.1, 0.15) is 13.2 Å². The van der Waals surface area contributed by atoms with Crippen molar-refractivity contribution in [2.45, 2.75) is 219 Å². The maximum atomic E-state index is 12.8. The van der Waals surface area contributed by atoms with Crippen molar-refractivity contribution in [1.29, 1.82) is 0 Å². The van der Waals surface area contributed by atoms with Crippen molar-refractivity contribution in [3.05, 3.63) is 146 Å². The van der Waals surface area contributed by atoms with E-state index >= 15 is 0 Å². The highest BCUT2D eigenvalue weighted by atomic mass is 16.6. The molecule has 6 heteroatoms. The van der Waals surface area contributed by atoms with Crippen LogP contribution in [0.5, 0.6) is 0 Å². The molecule has 0 aromatic rings. The summed E-state index contributed by atoms with van der Waals surface area (Å²) in [5.41, 5.74) is 0. The van der Waals surface area contributed by atoms with Gasteiger partial charge in [0.05, 0.1) is 0 Å². The van der Waals surface area contributed by atoms with E-state index < -0.39 is 6.10 Å². The Morgan fingerprint density at radius 3 is 0.928 bits per heavy atom. The molecule has 1 atom stereocenters. The SMILES string of the molecule is CC/C=C\C/C=C\C/C=C\C/C=C\CCCCCCC(=O)OC[C@H](COC(=O)CCC/C=C\C/C=C\C/C=C\C/C=C\CCCCC)OC(=O)CCCCCC/C=C\C/C=C\C/C=C\C/C=C\CC. The van der Waals surface area contributed by atoms with Crippen LogP contribution in [0, 0.1) is 0 Å². The Bertz CT molecular complexity index is 1560. The van der Waals surface area contributed by atoms with E-state index in [0.29, 0.717) is 12.8 Å². The van der Waals surface area contributed by atoms with Gasteiger partial charge in [0.15, 0.2) is 6.10 Å². The minimum Gasteiger partial charge on any atom is -0.462 e. The summed E-state index contributed by atoms with van der Waals surface area (Å²) < 4.78 is 16.8. The fourth-order valence-corrected chi connectivity index (χ4v) is 6.77. The summed E-state index contributed by atoms with van der Waals surface area (Å²) in [5, 5.41) is 0. The minimum atomic E-state index is -0.830. The Labute approximate surface area is 423 Å². The van der Waals surface area contributed by atoms with Gasteiger partial charge in [0, 0.05) is 19.3 Å².